The minimum atomic E-state index is -4.66. The van der Waals surface area contributed by atoms with Gasteiger partial charge in [0.25, 0.3) is 0 Å². The molecule has 1 saturated heterocycles. The molecule has 0 aliphatic carbocycles. The van der Waals surface area contributed by atoms with Gasteiger partial charge in [0.05, 0.1) is 11.2 Å². The SMILES string of the molecule is CC(C)(C)OC(=O)N1CC[C@@H](Nc2ncc(Cl)c(C(F)(F)F)n2)C1. The van der Waals surface area contributed by atoms with Gasteiger partial charge in [0, 0.05) is 19.1 Å². The number of ether oxygens (including phenoxy) is 1. The Kier molecular flexibility index (Phi) is 5.12. The summed E-state index contributed by atoms with van der Waals surface area (Å²) in [5, 5.41) is 2.24. The molecule has 2 rings (SSSR count). The maximum absolute atomic E-state index is 12.8. The third kappa shape index (κ3) is 4.86. The molecular formula is C14H18ClF3N4O2. The van der Waals surface area contributed by atoms with Crippen LogP contribution < -0.4 is 5.32 Å². The molecule has 0 unspecified atom stereocenters. The highest BCUT2D eigenvalue weighted by molar-refractivity contribution is 6.31. The molecule has 1 aromatic heterocycles. The van der Waals surface area contributed by atoms with Crippen LogP contribution in [0.4, 0.5) is 23.9 Å². The second-order valence-corrected chi connectivity index (χ2v) is 6.85. The van der Waals surface area contributed by atoms with Gasteiger partial charge in [0.1, 0.15) is 5.60 Å². The number of anilines is 1. The van der Waals surface area contributed by atoms with Crippen molar-refractivity contribution in [2.45, 2.75) is 45.0 Å². The fourth-order valence-corrected chi connectivity index (χ4v) is 2.39. The molecular weight excluding hydrogens is 349 g/mol. The van der Waals surface area contributed by atoms with Crippen molar-refractivity contribution in [1.82, 2.24) is 14.9 Å². The van der Waals surface area contributed by atoms with Gasteiger partial charge in [-0.3, -0.25) is 0 Å². The lowest BCUT2D eigenvalue weighted by Gasteiger charge is -2.24. The van der Waals surface area contributed by atoms with Crippen molar-refractivity contribution >= 4 is 23.6 Å². The van der Waals surface area contributed by atoms with Gasteiger partial charge in [-0.1, -0.05) is 11.6 Å². The molecule has 2 heterocycles. The average molecular weight is 367 g/mol. The number of likely N-dealkylation sites (tertiary alicyclic amines) is 1. The van der Waals surface area contributed by atoms with Crippen molar-refractivity contribution in [1.29, 1.82) is 0 Å². The van der Waals surface area contributed by atoms with E-state index in [4.69, 9.17) is 16.3 Å². The average Bonchev–Trinajstić information content (AvgIpc) is 2.86. The van der Waals surface area contributed by atoms with E-state index in [0.29, 0.717) is 19.5 Å². The van der Waals surface area contributed by atoms with Crippen LogP contribution in [-0.2, 0) is 10.9 Å². The van der Waals surface area contributed by atoms with Gasteiger partial charge >= 0.3 is 12.3 Å². The van der Waals surface area contributed by atoms with Crippen LogP contribution in [0.25, 0.3) is 0 Å². The number of hydrogen-bond acceptors (Lipinski definition) is 5. The summed E-state index contributed by atoms with van der Waals surface area (Å²) in [4.78, 5) is 20.6. The molecule has 1 aliphatic rings. The number of carbonyl (C=O) groups excluding carboxylic acids is 1. The molecule has 134 valence electrons. The molecule has 0 aromatic carbocycles. The number of amides is 1. The normalized spacial score (nSPS) is 18.6. The van der Waals surface area contributed by atoms with Crippen LogP contribution in [0.1, 0.15) is 32.9 Å². The van der Waals surface area contributed by atoms with E-state index < -0.39 is 28.6 Å². The highest BCUT2D eigenvalue weighted by Crippen LogP contribution is 2.33. The smallest absolute Gasteiger partial charge is 0.435 e. The Morgan fingerprint density at radius 1 is 1.42 bits per heavy atom. The summed E-state index contributed by atoms with van der Waals surface area (Å²) in [5.41, 5.74) is -1.80. The molecule has 1 amide bonds. The van der Waals surface area contributed by atoms with Crippen molar-refractivity contribution in [2.75, 3.05) is 18.4 Å². The molecule has 0 radical (unpaired) electrons. The van der Waals surface area contributed by atoms with Crippen molar-refractivity contribution in [3.05, 3.63) is 16.9 Å². The molecule has 0 bridgehead atoms. The molecule has 1 aliphatic heterocycles. The van der Waals surface area contributed by atoms with Crippen LogP contribution in [0.5, 0.6) is 0 Å². The largest absolute Gasteiger partial charge is 0.444 e. The first-order valence-corrected chi connectivity index (χ1v) is 7.68. The predicted octanol–water partition coefficient (Wildman–Crippen LogP) is 3.57. The van der Waals surface area contributed by atoms with E-state index in [9.17, 15) is 18.0 Å². The standard InChI is InChI=1S/C14H18ClF3N4O2/c1-13(2,3)24-12(23)22-5-4-8(7-22)20-11-19-6-9(15)10(21-11)14(16,17)18/h6,8H,4-5,7H2,1-3H3,(H,19,20,21)/t8-/m1/s1. The van der Waals surface area contributed by atoms with Crippen LogP contribution in [0, 0.1) is 0 Å². The molecule has 0 saturated carbocycles. The Morgan fingerprint density at radius 2 is 2.08 bits per heavy atom. The zero-order valence-electron chi connectivity index (χ0n) is 13.4. The van der Waals surface area contributed by atoms with E-state index in [2.05, 4.69) is 15.3 Å². The van der Waals surface area contributed by atoms with E-state index in [1.165, 1.54) is 4.90 Å². The minimum absolute atomic E-state index is 0.178. The zero-order chi connectivity index (χ0) is 18.1. The van der Waals surface area contributed by atoms with Gasteiger partial charge in [-0.2, -0.15) is 13.2 Å². The van der Waals surface area contributed by atoms with Crippen molar-refractivity contribution in [3.63, 3.8) is 0 Å². The van der Waals surface area contributed by atoms with Gasteiger partial charge < -0.3 is 15.0 Å². The monoisotopic (exact) mass is 366 g/mol. The van der Waals surface area contributed by atoms with Crippen LogP contribution in [-0.4, -0.2) is 45.7 Å². The van der Waals surface area contributed by atoms with E-state index in [1.807, 2.05) is 0 Å². The van der Waals surface area contributed by atoms with Gasteiger partial charge in [-0.15, -0.1) is 0 Å². The summed E-state index contributed by atoms with van der Waals surface area (Å²) in [5.74, 6) is -0.178. The molecule has 1 aromatic rings. The number of aromatic nitrogens is 2. The maximum Gasteiger partial charge on any atom is 0.435 e. The fourth-order valence-electron chi connectivity index (χ4n) is 2.19. The highest BCUT2D eigenvalue weighted by Gasteiger charge is 2.36. The molecule has 6 nitrogen and oxygen atoms in total. The first kappa shape index (κ1) is 18.6. The van der Waals surface area contributed by atoms with Gasteiger partial charge in [-0.05, 0) is 27.2 Å². The Hall–Kier alpha value is -1.77. The molecule has 1 atom stereocenters. The van der Waals surface area contributed by atoms with Gasteiger partial charge in [0.2, 0.25) is 5.95 Å². The number of nitrogens with zero attached hydrogens (tertiary/aromatic N) is 3. The first-order chi connectivity index (χ1) is 11.0. The lowest BCUT2D eigenvalue weighted by Crippen LogP contribution is -2.36. The third-order valence-corrected chi connectivity index (χ3v) is 3.46. The number of rotatable bonds is 2. The topological polar surface area (TPSA) is 67.3 Å². The lowest BCUT2D eigenvalue weighted by atomic mass is 10.2. The molecule has 1 fully saturated rings. The molecule has 24 heavy (non-hydrogen) atoms. The van der Waals surface area contributed by atoms with Crippen molar-refractivity contribution < 1.29 is 22.7 Å². The minimum Gasteiger partial charge on any atom is -0.444 e. The molecule has 10 heteroatoms. The van der Waals surface area contributed by atoms with Crippen molar-refractivity contribution in [2.24, 2.45) is 0 Å². The quantitative estimate of drug-likeness (QED) is 0.866. The lowest BCUT2D eigenvalue weighted by molar-refractivity contribution is -0.141. The summed E-state index contributed by atoms with van der Waals surface area (Å²) in [6, 6.07) is -0.264. The fraction of sp³-hybridized carbons (Fsp3) is 0.643. The number of nitrogens with one attached hydrogen (secondary N) is 1. The van der Waals surface area contributed by atoms with Crippen LogP contribution >= 0.6 is 11.6 Å². The predicted molar refractivity (Wildman–Crippen MR) is 81.9 cm³/mol. The molecule has 0 spiro atoms. The second-order valence-electron chi connectivity index (χ2n) is 6.44. The Labute approximate surface area is 142 Å². The summed E-state index contributed by atoms with van der Waals surface area (Å²) >= 11 is 5.48. The summed E-state index contributed by atoms with van der Waals surface area (Å²) < 4.78 is 43.6. The third-order valence-electron chi connectivity index (χ3n) is 3.19. The maximum atomic E-state index is 12.8. The number of alkyl halides is 3. The van der Waals surface area contributed by atoms with E-state index in [-0.39, 0.29) is 12.0 Å². The second kappa shape index (κ2) is 6.62. The Balaban J connectivity index is 2.00. The van der Waals surface area contributed by atoms with E-state index in [0.717, 1.165) is 6.20 Å². The van der Waals surface area contributed by atoms with E-state index >= 15 is 0 Å². The number of hydrogen-bond donors (Lipinski definition) is 1. The van der Waals surface area contributed by atoms with Gasteiger partial charge in [0.15, 0.2) is 5.69 Å². The summed E-state index contributed by atoms with van der Waals surface area (Å²) in [7, 11) is 0. The van der Waals surface area contributed by atoms with Crippen molar-refractivity contribution in [3.8, 4) is 0 Å². The number of halogens is 4. The number of carbonyl (C=O) groups is 1. The van der Waals surface area contributed by atoms with Crippen LogP contribution in [0.3, 0.4) is 0 Å². The van der Waals surface area contributed by atoms with Crippen LogP contribution in [0.15, 0.2) is 6.20 Å². The molecule has 1 N–H and O–H groups in total. The highest BCUT2D eigenvalue weighted by atomic mass is 35.5. The van der Waals surface area contributed by atoms with Gasteiger partial charge in [-0.25, -0.2) is 14.8 Å². The zero-order valence-corrected chi connectivity index (χ0v) is 14.2. The Morgan fingerprint density at radius 3 is 2.67 bits per heavy atom. The summed E-state index contributed by atoms with van der Waals surface area (Å²) in [6.45, 7) is 6.01. The van der Waals surface area contributed by atoms with E-state index in [1.54, 1.807) is 20.8 Å². The Bertz CT molecular complexity index is 619. The summed E-state index contributed by atoms with van der Waals surface area (Å²) in [6.07, 6.45) is -3.67. The van der Waals surface area contributed by atoms with Crippen LogP contribution in [0.2, 0.25) is 5.02 Å². The first-order valence-electron chi connectivity index (χ1n) is 7.30.